The van der Waals surface area contributed by atoms with Gasteiger partial charge in [0.2, 0.25) is 5.91 Å². The molecule has 1 amide bonds. The molecule has 1 atom stereocenters. The molecule has 6 N–H and O–H groups in total. The highest BCUT2D eigenvalue weighted by molar-refractivity contribution is 5.94. The molecule has 0 saturated carbocycles. The Morgan fingerprint density at radius 1 is 0.904 bits per heavy atom. The Labute approximate surface area is 297 Å². The van der Waals surface area contributed by atoms with Gasteiger partial charge in [0.1, 0.15) is 28.6 Å². The van der Waals surface area contributed by atoms with Crippen LogP contribution in [0.5, 0.6) is 17.2 Å². The van der Waals surface area contributed by atoms with Gasteiger partial charge in [0.05, 0.1) is 19.6 Å². The average molecular weight is 741 g/mol. The number of carboxylic acids is 1. The zero-order valence-electron chi connectivity index (χ0n) is 29.5. The van der Waals surface area contributed by atoms with Gasteiger partial charge in [-0.2, -0.15) is 13.2 Å². The Morgan fingerprint density at radius 2 is 1.54 bits per heavy atom. The number of nitrogens with one attached hydrogen (secondary N) is 3. The molecular weight excluding hydrogens is 697 g/mol. The van der Waals surface area contributed by atoms with Crippen LogP contribution in [0.4, 0.5) is 18.9 Å². The van der Waals surface area contributed by atoms with Crippen molar-refractivity contribution in [1.82, 2.24) is 5.32 Å². The number of hydrogen-bond acceptors (Lipinski definition) is 11. The quantitative estimate of drug-likeness (QED) is 0.0526. The van der Waals surface area contributed by atoms with E-state index in [2.05, 4.69) is 15.4 Å². The molecule has 286 valence electrons. The topological polar surface area (TPSA) is 226 Å². The number of ether oxygens (including phenoxy) is 5. The second-order valence-electron chi connectivity index (χ2n) is 13.2. The molecule has 0 aliphatic heterocycles. The van der Waals surface area contributed by atoms with E-state index in [0.717, 1.165) is 6.07 Å². The number of carbonyl (C=O) groups is 5. The summed E-state index contributed by atoms with van der Waals surface area (Å²) in [6, 6.07) is 6.26. The van der Waals surface area contributed by atoms with Crippen molar-refractivity contribution in [1.29, 1.82) is 5.41 Å². The highest BCUT2D eigenvalue weighted by Crippen LogP contribution is 2.34. The van der Waals surface area contributed by atoms with E-state index in [4.69, 9.17) is 30.1 Å². The van der Waals surface area contributed by atoms with Crippen LogP contribution >= 0.6 is 0 Å². The third-order valence-corrected chi connectivity index (χ3v) is 6.22. The second-order valence-corrected chi connectivity index (χ2v) is 13.2. The van der Waals surface area contributed by atoms with Gasteiger partial charge >= 0.3 is 30.1 Å². The lowest BCUT2D eigenvalue weighted by Gasteiger charge is -2.25. The van der Waals surface area contributed by atoms with Crippen LogP contribution in [0.3, 0.4) is 0 Å². The summed E-state index contributed by atoms with van der Waals surface area (Å²) in [6.45, 7) is 9.31. The van der Waals surface area contributed by atoms with Crippen LogP contribution in [-0.2, 0) is 35.1 Å². The first-order valence-corrected chi connectivity index (χ1v) is 15.8. The lowest BCUT2D eigenvalue weighted by Crippen LogP contribution is -2.46. The Hall–Kier alpha value is -5.55. The molecule has 52 heavy (non-hydrogen) atoms. The molecule has 2 aromatic carbocycles. The van der Waals surface area contributed by atoms with E-state index in [1.807, 2.05) is 0 Å². The van der Waals surface area contributed by atoms with Crippen LogP contribution in [0.15, 0.2) is 36.4 Å². The summed E-state index contributed by atoms with van der Waals surface area (Å²) in [6.07, 6.45) is -6.36. The second kappa shape index (κ2) is 18.1. The van der Waals surface area contributed by atoms with E-state index < -0.39 is 71.3 Å². The maximum Gasteiger partial charge on any atom is 0.491 e. The number of nitrogens with two attached hydrogens (primary N) is 1. The van der Waals surface area contributed by atoms with Crippen molar-refractivity contribution in [3.8, 4) is 17.2 Å². The summed E-state index contributed by atoms with van der Waals surface area (Å²) in [4.78, 5) is 61.7. The van der Waals surface area contributed by atoms with E-state index in [0.29, 0.717) is 0 Å². The fourth-order valence-corrected chi connectivity index (χ4v) is 4.26. The van der Waals surface area contributed by atoms with E-state index in [-0.39, 0.29) is 60.8 Å². The van der Waals surface area contributed by atoms with Gasteiger partial charge in [-0.3, -0.25) is 15.0 Å². The van der Waals surface area contributed by atoms with Crippen LogP contribution in [0.1, 0.15) is 76.7 Å². The van der Waals surface area contributed by atoms with Gasteiger partial charge in [-0.25, -0.2) is 14.4 Å². The Morgan fingerprint density at radius 3 is 2.12 bits per heavy atom. The van der Waals surface area contributed by atoms with Crippen LogP contribution in [0.2, 0.25) is 0 Å². The summed E-state index contributed by atoms with van der Waals surface area (Å²) < 4.78 is 65.7. The molecule has 2 aromatic rings. The van der Waals surface area contributed by atoms with Crippen molar-refractivity contribution in [3.05, 3.63) is 47.5 Å². The van der Waals surface area contributed by atoms with Gasteiger partial charge in [-0.1, -0.05) is 12.1 Å². The number of anilines is 1. The number of amides is 1. The van der Waals surface area contributed by atoms with Crippen molar-refractivity contribution < 1.29 is 65.9 Å². The van der Waals surface area contributed by atoms with Crippen molar-refractivity contribution in [2.24, 2.45) is 5.73 Å². The summed E-state index contributed by atoms with van der Waals surface area (Å²) in [5.41, 5.74) is 3.73. The first-order chi connectivity index (χ1) is 23.9. The summed E-state index contributed by atoms with van der Waals surface area (Å²) in [7, 11) is 0. The minimum Gasteiger partial charge on any atom is -0.492 e. The van der Waals surface area contributed by atoms with Crippen LogP contribution in [-0.4, -0.2) is 77.5 Å². The van der Waals surface area contributed by atoms with E-state index in [1.165, 1.54) is 30.3 Å². The largest absolute Gasteiger partial charge is 0.492 e. The minimum atomic E-state index is -5.33. The van der Waals surface area contributed by atoms with Gasteiger partial charge in [0, 0.05) is 24.6 Å². The molecule has 18 heteroatoms. The Balaban J connectivity index is 2.23. The lowest BCUT2D eigenvalue weighted by atomic mass is 10.1. The van der Waals surface area contributed by atoms with Crippen molar-refractivity contribution in [2.45, 2.75) is 90.6 Å². The number of rotatable bonds is 16. The smallest absolute Gasteiger partial charge is 0.491 e. The van der Waals surface area contributed by atoms with Crippen molar-refractivity contribution in [3.63, 3.8) is 0 Å². The zero-order chi connectivity index (χ0) is 39.4. The van der Waals surface area contributed by atoms with E-state index >= 15 is 0 Å². The highest BCUT2D eigenvalue weighted by atomic mass is 19.4. The lowest BCUT2D eigenvalue weighted by molar-refractivity contribution is -0.189. The number of alkyl halides is 3. The predicted octanol–water partition coefficient (Wildman–Crippen LogP) is 4.50. The van der Waals surface area contributed by atoms with Crippen LogP contribution in [0, 0.1) is 5.41 Å². The van der Waals surface area contributed by atoms with Gasteiger partial charge in [-0.15, -0.1) is 0 Å². The number of benzene rings is 2. The normalized spacial score (nSPS) is 12.2. The third-order valence-electron chi connectivity index (χ3n) is 6.22. The number of carboxylic acid groups (broad SMARTS) is 1. The summed E-state index contributed by atoms with van der Waals surface area (Å²) in [5.74, 6) is -7.55. The monoisotopic (exact) mass is 740 g/mol. The van der Waals surface area contributed by atoms with Crippen molar-refractivity contribution >= 4 is 41.4 Å². The Bertz CT molecular complexity index is 1630. The molecule has 0 aromatic heterocycles. The number of aryl methyl sites for hydroxylation is 1. The number of hydrogen-bond donors (Lipinski definition) is 5. The molecule has 0 unspecified atom stereocenters. The fourth-order valence-electron chi connectivity index (χ4n) is 4.26. The molecule has 0 aliphatic carbocycles. The number of guanidine groups is 1. The molecule has 0 bridgehead atoms. The van der Waals surface area contributed by atoms with E-state index in [9.17, 15) is 42.3 Å². The van der Waals surface area contributed by atoms with Gasteiger partial charge < -0.3 is 45.2 Å². The standard InChI is InChI=1S/C34H43F3N4O11/c1-32(2,3)51-26(43)18-22(29(46)52-33(4,5)6)41-25(42)14-11-19-9-7-10-23(50-30(47)34(35,36)37)27(19)49-16-8-15-48-24-17-20(40-31(38)39)12-13-21(24)28(44)45/h7,9-10,12-13,17,22H,8,11,14-16,18H2,1-6H3,(H,41,42)(H,44,45)(H4,38,39,40)/t22-/m0/s1. The maximum atomic E-state index is 13.1. The van der Waals surface area contributed by atoms with E-state index in [1.54, 1.807) is 41.5 Å². The molecule has 0 saturated heterocycles. The predicted molar refractivity (Wildman–Crippen MR) is 179 cm³/mol. The third kappa shape index (κ3) is 15.1. The molecule has 0 aliphatic rings. The fraction of sp³-hybridized carbons (Fsp3) is 0.471. The molecule has 0 radical (unpaired) electrons. The zero-order valence-corrected chi connectivity index (χ0v) is 29.5. The summed E-state index contributed by atoms with van der Waals surface area (Å²) >= 11 is 0. The summed E-state index contributed by atoms with van der Waals surface area (Å²) in [5, 5.41) is 21.8. The number of halogens is 3. The Kier molecular flexibility index (Phi) is 14.8. The van der Waals surface area contributed by atoms with Gasteiger partial charge in [0.25, 0.3) is 0 Å². The first kappa shape index (κ1) is 42.6. The molecular formula is C34H43F3N4O11. The van der Waals surface area contributed by atoms with Crippen molar-refractivity contribution in [2.75, 3.05) is 18.5 Å². The van der Waals surface area contributed by atoms with Crippen LogP contribution < -0.4 is 30.6 Å². The highest BCUT2D eigenvalue weighted by Gasteiger charge is 2.42. The van der Waals surface area contributed by atoms with Crippen LogP contribution in [0.25, 0.3) is 0 Å². The number of esters is 3. The van der Waals surface area contributed by atoms with Gasteiger partial charge in [0.15, 0.2) is 17.5 Å². The maximum absolute atomic E-state index is 13.1. The average Bonchev–Trinajstić information content (AvgIpc) is 2.97. The molecule has 0 fully saturated rings. The number of para-hydroxylation sites is 1. The molecule has 0 spiro atoms. The van der Waals surface area contributed by atoms with Gasteiger partial charge in [-0.05, 0) is 71.7 Å². The minimum absolute atomic E-state index is 0.0487. The number of carbonyl (C=O) groups excluding carboxylic acids is 4. The SMILES string of the molecule is CC(C)(C)OC(=O)C[C@H](NC(=O)CCc1cccc(OC(=O)C(F)(F)F)c1OCCCOc1cc(NC(=N)N)ccc1C(=O)O)C(=O)OC(C)(C)C. The molecule has 0 heterocycles. The number of aromatic carboxylic acids is 1. The first-order valence-electron chi connectivity index (χ1n) is 15.8. The molecule has 15 nitrogen and oxygen atoms in total. The molecule has 2 rings (SSSR count).